The van der Waals surface area contributed by atoms with Gasteiger partial charge in [-0.1, -0.05) is 11.6 Å². The largest absolute Gasteiger partial charge is 0.393 e. The standard InChI is InChI=1S/C25H26ClF2N3O4S2/c1-16(25-29-15-20(36-25)5-9-24(33)30-12-10-19(32)11-13-30)31(23-14-18(27)4-8-22(23)28)37(34,35)21-6-2-17(26)3-7-21/h2-4,6-8,14-16,19,32H,5,9-13H2,1H3. The first-order valence-electron chi connectivity index (χ1n) is 11.7. The fourth-order valence-electron chi connectivity index (χ4n) is 4.16. The minimum Gasteiger partial charge on any atom is -0.393 e. The third kappa shape index (κ3) is 6.28. The van der Waals surface area contributed by atoms with Crippen molar-refractivity contribution in [3.63, 3.8) is 0 Å². The van der Waals surface area contributed by atoms with Crippen molar-refractivity contribution in [2.45, 2.75) is 49.6 Å². The van der Waals surface area contributed by atoms with Gasteiger partial charge in [-0.15, -0.1) is 11.3 Å². The number of piperidine rings is 1. The van der Waals surface area contributed by atoms with Crippen LogP contribution in [-0.2, 0) is 21.2 Å². The molecule has 2 aromatic carbocycles. The zero-order valence-corrected chi connectivity index (χ0v) is 22.4. The number of amides is 1. The number of likely N-dealkylation sites (tertiary alicyclic amines) is 1. The number of sulfonamides is 1. The first-order chi connectivity index (χ1) is 17.6. The number of anilines is 1. The average molecular weight is 570 g/mol. The van der Waals surface area contributed by atoms with Crippen molar-refractivity contribution in [1.82, 2.24) is 9.88 Å². The number of aliphatic hydroxyl groups is 1. The number of carbonyl (C=O) groups excluding carboxylic acids is 1. The van der Waals surface area contributed by atoms with Gasteiger partial charge in [0.15, 0.2) is 0 Å². The van der Waals surface area contributed by atoms with E-state index in [-0.39, 0.29) is 23.3 Å². The van der Waals surface area contributed by atoms with Crippen LogP contribution in [0, 0.1) is 11.6 Å². The van der Waals surface area contributed by atoms with E-state index < -0.39 is 33.4 Å². The molecule has 1 aromatic heterocycles. The zero-order chi connectivity index (χ0) is 26.7. The van der Waals surface area contributed by atoms with Gasteiger partial charge in [0, 0.05) is 41.7 Å². The number of aryl methyl sites for hydroxylation is 1. The summed E-state index contributed by atoms with van der Waals surface area (Å²) in [5, 5.41) is 10.3. The van der Waals surface area contributed by atoms with E-state index in [1.54, 1.807) is 18.0 Å². The molecule has 12 heteroatoms. The first kappa shape index (κ1) is 27.4. The molecule has 1 N–H and O–H groups in total. The molecule has 198 valence electrons. The van der Waals surface area contributed by atoms with E-state index in [4.69, 9.17) is 11.6 Å². The highest BCUT2D eigenvalue weighted by atomic mass is 35.5. The highest BCUT2D eigenvalue weighted by molar-refractivity contribution is 7.92. The van der Waals surface area contributed by atoms with E-state index in [9.17, 15) is 27.1 Å². The number of halogens is 3. The predicted molar refractivity (Wildman–Crippen MR) is 138 cm³/mol. The van der Waals surface area contributed by atoms with Crippen LogP contribution in [0.3, 0.4) is 0 Å². The molecule has 3 aromatic rings. The van der Waals surface area contributed by atoms with Crippen molar-refractivity contribution in [1.29, 1.82) is 0 Å². The molecular formula is C25H26ClF2N3O4S2. The molecular weight excluding hydrogens is 544 g/mol. The monoisotopic (exact) mass is 569 g/mol. The minimum absolute atomic E-state index is 0.0244. The van der Waals surface area contributed by atoms with Gasteiger partial charge in [-0.3, -0.25) is 9.10 Å². The zero-order valence-electron chi connectivity index (χ0n) is 20.0. The SMILES string of the molecule is CC(c1ncc(CCC(=O)N2CCC(O)CC2)s1)N(c1cc(F)ccc1F)S(=O)(=O)c1ccc(Cl)cc1. The Balaban J connectivity index is 1.59. The number of aromatic nitrogens is 1. The van der Waals surface area contributed by atoms with Gasteiger partial charge in [0.2, 0.25) is 5.91 Å². The third-order valence-electron chi connectivity index (χ3n) is 6.20. The summed E-state index contributed by atoms with van der Waals surface area (Å²) in [6, 6.07) is 7.05. The minimum atomic E-state index is -4.34. The molecule has 1 aliphatic rings. The lowest BCUT2D eigenvalue weighted by molar-refractivity contribution is -0.133. The van der Waals surface area contributed by atoms with Gasteiger partial charge in [-0.05, 0) is 62.6 Å². The maximum atomic E-state index is 14.9. The quantitative estimate of drug-likeness (QED) is 0.415. The Kier molecular flexibility index (Phi) is 8.47. The maximum Gasteiger partial charge on any atom is 0.265 e. The van der Waals surface area contributed by atoms with Crippen LogP contribution < -0.4 is 4.31 Å². The van der Waals surface area contributed by atoms with Crippen LogP contribution in [-0.4, -0.2) is 48.5 Å². The highest BCUT2D eigenvalue weighted by Crippen LogP contribution is 2.37. The molecule has 0 saturated carbocycles. The first-order valence-corrected chi connectivity index (χ1v) is 14.3. The Morgan fingerprint density at radius 3 is 2.57 bits per heavy atom. The van der Waals surface area contributed by atoms with Crippen LogP contribution >= 0.6 is 22.9 Å². The molecule has 1 saturated heterocycles. The van der Waals surface area contributed by atoms with Crippen LogP contribution in [0.1, 0.15) is 42.1 Å². The number of carbonyl (C=O) groups is 1. The van der Waals surface area contributed by atoms with Crippen LogP contribution in [0.25, 0.3) is 0 Å². The van der Waals surface area contributed by atoms with Gasteiger partial charge >= 0.3 is 0 Å². The van der Waals surface area contributed by atoms with Crippen LogP contribution in [0.4, 0.5) is 14.5 Å². The van der Waals surface area contributed by atoms with Crippen molar-refractivity contribution < 1.29 is 27.1 Å². The third-order valence-corrected chi connectivity index (χ3v) is 9.58. The number of aliphatic hydroxyl groups excluding tert-OH is 1. The Morgan fingerprint density at radius 1 is 1.22 bits per heavy atom. The molecule has 1 atom stereocenters. The van der Waals surface area contributed by atoms with E-state index in [1.807, 2.05) is 0 Å². The molecule has 0 spiro atoms. The number of hydrogen-bond acceptors (Lipinski definition) is 6. The second kappa shape index (κ2) is 11.4. The fraction of sp³-hybridized carbons (Fsp3) is 0.360. The topological polar surface area (TPSA) is 90.8 Å². The van der Waals surface area contributed by atoms with E-state index >= 15 is 0 Å². The Labute approximate surface area is 223 Å². The smallest absolute Gasteiger partial charge is 0.265 e. The summed E-state index contributed by atoms with van der Waals surface area (Å²) in [5.74, 6) is -1.72. The maximum absolute atomic E-state index is 14.9. The van der Waals surface area contributed by atoms with Gasteiger partial charge in [-0.25, -0.2) is 22.2 Å². The molecule has 1 fully saturated rings. The van der Waals surface area contributed by atoms with Gasteiger partial charge in [0.25, 0.3) is 10.0 Å². The summed E-state index contributed by atoms with van der Waals surface area (Å²) < 4.78 is 57.1. The molecule has 0 radical (unpaired) electrons. The van der Waals surface area contributed by atoms with Crippen molar-refractivity contribution in [3.05, 3.63) is 75.2 Å². The molecule has 7 nitrogen and oxygen atoms in total. The van der Waals surface area contributed by atoms with Crippen LogP contribution in [0.15, 0.2) is 53.6 Å². The van der Waals surface area contributed by atoms with Crippen LogP contribution in [0.2, 0.25) is 5.02 Å². The Bertz CT molecular complexity index is 1360. The van der Waals surface area contributed by atoms with Crippen LogP contribution in [0.5, 0.6) is 0 Å². The van der Waals surface area contributed by atoms with E-state index in [1.165, 1.54) is 35.6 Å². The van der Waals surface area contributed by atoms with Gasteiger partial charge in [0.1, 0.15) is 16.6 Å². The summed E-state index contributed by atoms with van der Waals surface area (Å²) in [6.45, 7) is 2.58. The van der Waals surface area contributed by atoms with Crippen molar-refractivity contribution in [3.8, 4) is 0 Å². The van der Waals surface area contributed by atoms with Crippen molar-refractivity contribution in [2.24, 2.45) is 0 Å². The summed E-state index contributed by atoms with van der Waals surface area (Å²) in [6.07, 6.45) is 2.96. The van der Waals surface area contributed by atoms with E-state index in [0.29, 0.717) is 42.4 Å². The molecule has 0 bridgehead atoms. The number of hydrogen-bond donors (Lipinski definition) is 1. The van der Waals surface area contributed by atoms with E-state index in [0.717, 1.165) is 27.4 Å². The number of nitrogens with zero attached hydrogens (tertiary/aromatic N) is 3. The molecule has 4 rings (SSSR count). The molecule has 37 heavy (non-hydrogen) atoms. The normalized spacial score (nSPS) is 15.5. The summed E-state index contributed by atoms with van der Waals surface area (Å²) in [7, 11) is -4.34. The second-order valence-corrected chi connectivity index (χ2v) is 12.2. The summed E-state index contributed by atoms with van der Waals surface area (Å²) >= 11 is 7.12. The van der Waals surface area contributed by atoms with Crippen molar-refractivity contribution in [2.75, 3.05) is 17.4 Å². The molecule has 1 unspecified atom stereocenters. The highest BCUT2D eigenvalue weighted by Gasteiger charge is 2.34. The van der Waals surface area contributed by atoms with E-state index in [2.05, 4.69) is 4.98 Å². The van der Waals surface area contributed by atoms with Gasteiger partial charge in [0.05, 0.1) is 22.7 Å². The lowest BCUT2D eigenvalue weighted by atomic mass is 10.1. The second-order valence-electron chi connectivity index (χ2n) is 8.80. The number of thiazole rings is 1. The molecule has 0 aliphatic carbocycles. The van der Waals surface area contributed by atoms with Gasteiger partial charge in [-0.2, -0.15) is 0 Å². The average Bonchev–Trinajstić information content (AvgIpc) is 3.34. The van der Waals surface area contributed by atoms with Crippen molar-refractivity contribution >= 4 is 44.6 Å². The molecule has 1 aliphatic heterocycles. The lowest BCUT2D eigenvalue weighted by Crippen LogP contribution is -2.40. The summed E-state index contributed by atoms with van der Waals surface area (Å²) in [5.41, 5.74) is -0.443. The summed E-state index contributed by atoms with van der Waals surface area (Å²) in [4.78, 5) is 19.3. The number of rotatable bonds is 8. The number of benzene rings is 2. The molecule has 2 heterocycles. The predicted octanol–water partition coefficient (Wildman–Crippen LogP) is 4.95. The fourth-order valence-corrected chi connectivity index (χ4v) is 6.93. The van der Waals surface area contributed by atoms with Gasteiger partial charge < -0.3 is 10.0 Å². The Morgan fingerprint density at radius 2 is 1.89 bits per heavy atom. The molecule has 1 amide bonds. The lowest BCUT2D eigenvalue weighted by Gasteiger charge is -2.30. The Hall–Kier alpha value is -2.60.